The Kier molecular flexibility index (Phi) is 4.77. The summed E-state index contributed by atoms with van der Waals surface area (Å²) in [5, 5.41) is 0. The van der Waals surface area contributed by atoms with E-state index in [0.29, 0.717) is 0 Å². The topological polar surface area (TPSA) is 26.3 Å². The molecular formula is C14H18O2. The summed E-state index contributed by atoms with van der Waals surface area (Å²) in [6.07, 6.45) is 2.65. The summed E-state index contributed by atoms with van der Waals surface area (Å²) >= 11 is 0. The molecule has 0 unspecified atom stereocenters. The highest BCUT2D eigenvalue weighted by molar-refractivity contribution is 5.94. The summed E-state index contributed by atoms with van der Waals surface area (Å²) in [6.45, 7) is 6.31. The number of ketones is 1. The molecule has 1 aromatic carbocycles. The lowest BCUT2D eigenvalue weighted by molar-refractivity contribution is -0.112. The van der Waals surface area contributed by atoms with Crippen LogP contribution in [0.3, 0.4) is 0 Å². The predicted octanol–water partition coefficient (Wildman–Crippen LogP) is 3.47. The minimum Gasteiger partial charge on any atom is -0.494 e. The molecule has 0 atom stereocenters. The molecule has 0 aromatic heterocycles. The van der Waals surface area contributed by atoms with Crippen molar-refractivity contribution in [1.29, 1.82) is 0 Å². The SMILES string of the molecule is CCCOc1ccc(C(C)=CC(C)=O)cc1. The van der Waals surface area contributed by atoms with E-state index in [0.717, 1.165) is 29.9 Å². The number of carbonyl (C=O) groups is 1. The van der Waals surface area contributed by atoms with Crippen LogP contribution >= 0.6 is 0 Å². The van der Waals surface area contributed by atoms with Crippen molar-refractivity contribution in [3.8, 4) is 5.75 Å². The van der Waals surface area contributed by atoms with Gasteiger partial charge in [0.15, 0.2) is 5.78 Å². The number of hydrogen-bond acceptors (Lipinski definition) is 2. The Hall–Kier alpha value is -1.57. The van der Waals surface area contributed by atoms with Crippen LogP contribution in [0.4, 0.5) is 0 Å². The van der Waals surface area contributed by atoms with Gasteiger partial charge in [-0.25, -0.2) is 0 Å². The van der Waals surface area contributed by atoms with Crippen LogP contribution in [0.25, 0.3) is 5.57 Å². The average Bonchev–Trinajstić information content (AvgIpc) is 2.26. The normalized spacial score (nSPS) is 11.3. The summed E-state index contributed by atoms with van der Waals surface area (Å²) in [7, 11) is 0. The maximum atomic E-state index is 10.9. The van der Waals surface area contributed by atoms with Crippen molar-refractivity contribution < 1.29 is 9.53 Å². The van der Waals surface area contributed by atoms with Crippen molar-refractivity contribution >= 4 is 11.4 Å². The second kappa shape index (κ2) is 6.11. The first-order chi connectivity index (χ1) is 7.63. The second-order valence-electron chi connectivity index (χ2n) is 3.81. The molecule has 0 spiro atoms. The van der Waals surface area contributed by atoms with Crippen molar-refractivity contribution in [2.24, 2.45) is 0 Å². The standard InChI is InChI=1S/C14H18O2/c1-4-9-16-14-7-5-13(6-8-14)11(2)10-12(3)15/h5-8,10H,4,9H2,1-3H3. The lowest BCUT2D eigenvalue weighted by Crippen LogP contribution is -1.94. The van der Waals surface area contributed by atoms with Crippen molar-refractivity contribution in [3.05, 3.63) is 35.9 Å². The zero-order chi connectivity index (χ0) is 12.0. The maximum Gasteiger partial charge on any atom is 0.152 e. The summed E-state index contributed by atoms with van der Waals surface area (Å²) in [5.74, 6) is 0.949. The Labute approximate surface area is 96.9 Å². The van der Waals surface area contributed by atoms with Gasteiger partial charge in [-0.2, -0.15) is 0 Å². The Morgan fingerprint density at radius 1 is 1.25 bits per heavy atom. The summed E-state index contributed by atoms with van der Waals surface area (Å²) in [4.78, 5) is 10.9. The van der Waals surface area contributed by atoms with Crippen LogP contribution in [-0.4, -0.2) is 12.4 Å². The molecule has 0 fully saturated rings. The van der Waals surface area contributed by atoms with E-state index in [9.17, 15) is 4.79 Å². The Bertz CT molecular complexity index is 374. The molecule has 1 rings (SSSR count). The largest absolute Gasteiger partial charge is 0.494 e. The lowest BCUT2D eigenvalue weighted by Gasteiger charge is -2.06. The highest BCUT2D eigenvalue weighted by Gasteiger charge is 1.98. The van der Waals surface area contributed by atoms with Gasteiger partial charge in [0, 0.05) is 0 Å². The van der Waals surface area contributed by atoms with Gasteiger partial charge >= 0.3 is 0 Å². The number of benzene rings is 1. The Morgan fingerprint density at radius 2 is 1.88 bits per heavy atom. The van der Waals surface area contributed by atoms with E-state index in [1.807, 2.05) is 31.2 Å². The molecule has 2 heteroatoms. The van der Waals surface area contributed by atoms with E-state index in [-0.39, 0.29) is 5.78 Å². The maximum absolute atomic E-state index is 10.9. The minimum absolute atomic E-state index is 0.0730. The Morgan fingerprint density at radius 3 is 2.38 bits per heavy atom. The summed E-state index contributed by atoms with van der Waals surface area (Å²) < 4.78 is 5.48. The zero-order valence-corrected chi connectivity index (χ0v) is 10.1. The highest BCUT2D eigenvalue weighted by Crippen LogP contribution is 2.18. The van der Waals surface area contributed by atoms with E-state index < -0.39 is 0 Å². The third-order valence-electron chi connectivity index (χ3n) is 2.20. The molecule has 0 aliphatic rings. The van der Waals surface area contributed by atoms with Gasteiger partial charge in [0.05, 0.1) is 6.61 Å². The number of rotatable bonds is 5. The molecule has 86 valence electrons. The van der Waals surface area contributed by atoms with Crippen LogP contribution < -0.4 is 4.74 Å². The summed E-state index contributed by atoms with van der Waals surface area (Å²) in [6, 6.07) is 7.81. The molecule has 0 aliphatic carbocycles. The van der Waals surface area contributed by atoms with Crippen LogP contribution in [0.2, 0.25) is 0 Å². The molecule has 0 radical (unpaired) electrons. The first-order valence-electron chi connectivity index (χ1n) is 5.55. The molecule has 2 nitrogen and oxygen atoms in total. The van der Waals surface area contributed by atoms with Crippen LogP contribution in [0, 0.1) is 0 Å². The molecular weight excluding hydrogens is 200 g/mol. The predicted molar refractivity (Wildman–Crippen MR) is 66.6 cm³/mol. The molecule has 0 amide bonds. The number of ether oxygens (including phenoxy) is 1. The van der Waals surface area contributed by atoms with Crippen molar-refractivity contribution in [1.82, 2.24) is 0 Å². The lowest BCUT2D eigenvalue weighted by atomic mass is 10.1. The Balaban J connectivity index is 2.74. The van der Waals surface area contributed by atoms with Gasteiger partial charge in [0.2, 0.25) is 0 Å². The van der Waals surface area contributed by atoms with Gasteiger partial charge in [-0.1, -0.05) is 19.1 Å². The van der Waals surface area contributed by atoms with E-state index in [1.165, 1.54) is 0 Å². The van der Waals surface area contributed by atoms with Gasteiger partial charge in [-0.3, -0.25) is 4.79 Å². The molecule has 0 aliphatic heterocycles. The molecule has 0 bridgehead atoms. The van der Waals surface area contributed by atoms with Gasteiger partial charge in [0.1, 0.15) is 5.75 Å². The first kappa shape index (κ1) is 12.5. The van der Waals surface area contributed by atoms with Gasteiger partial charge in [-0.05, 0) is 49.6 Å². The molecule has 0 N–H and O–H groups in total. The van der Waals surface area contributed by atoms with Crippen molar-refractivity contribution in [2.45, 2.75) is 27.2 Å². The van der Waals surface area contributed by atoms with Crippen LogP contribution in [0.1, 0.15) is 32.8 Å². The van der Waals surface area contributed by atoms with E-state index in [1.54, 1.807) is 13.0 Å². The third kappa shape index (κ3) is 3.89. The van der Waals surface area contributed by atoms with E-state index in [4.69, 9.17) is 4.74 Å². The highest BCUT2D eigenvalue weighted by atomic mass is 16.5. The van der Waals surface area contributed by atoms with Gasteiger partial charge in [-0.15, -0.1) is 0 Å². The fourth-order valence-electron chi connectivity index (χ4n) is 1.42. The third-order valence-corrected chi connectivity index (χ3v) is 2.20. The smallest absolute Gasteiger partial charge is 0.152 e. The van der Waals surface area contributed by atoms with E-state index in [2.05, 4.69) is 6.92 Å². The number of carbonyl (C=O) groups excluding carboxylic acids is 1. The number of hydrogen-bond donors (Lipinski definition) is 0. The van der Waals surface area contributed by atoms with Crippen LogP contribution in [0.15, 0.2) is 30.3 Å². The quantitative estimate of drug-likeness (QED) is 0.707. The van der Waals surface area contributed by atoms with Crippen molar-refractivity contribution in [3.63, 3.8) is 0 Å². The minimum atomic E-state index is 0.0730. The monoisotopic (exact) mass is 218 g/mol. The summed E-state index contributed by atoms with van der Waals surface area (Å²) in [5.41, 5.74) is 2.04. The van der Waals surface area contributed by atoms with Crippen LogP contribution in [0.5, 0.6) is 5.75 Å². The molecule has 16 heavy (non-hydrogen) atoms. The fraction of sp³-hybridized carbons (Fsp3) is 0.357. The zero-order valence-electron chi connectivity index (χ0n) is 10.1. The first-order valence-corrected chi connectivity index (χ1v) is 5.55. The molecule has 0 saturated carbocycles. The average molecular weight is 218 g/mol. The molecule has 0 heterocycles. The molecule has 1 aromatic rings. The van der Waals surface area contributed by atoms with E-state index >= 15 is 0 Å². The molecule has 0 saturated heterocycles. The fourth-order valence-corrected chi connectivity index (χ4v) is 1.42. The van der Waals surface area contributed by atoms with Gasteiger partial charge < -0.3 is 4.74 Å². The number of allylic oxidation sites excluding steroid dienone is 2. The second-order valence-corrected chi connectivity index (χ2v) is 3.81. The van der Waals surface area contributed by atoms with Gasteiger partial charge in [0.25, 0.3) is 0 Å². The van der Waals surface area contributed by atoms with Crippen LogP contribution in [-0.2, 0) is 4.79 Å². The van der Waals surface area contributed by atoms with Crippen molar-refractivity contribution in [2.75, 3.05) is 6.61 Å².